The molecule has 0 saturated heterocycles. The predicted octanol–water partition coefficient (Wildman–Crippen LogP) is 2.07. The lowest BCUT2D eigenvalue weighted by molar-refractivity contribution is 0.526. The van der Waals surface area contributed by atoms with Crippen molar-refractivity contribution in [3.63, 3.8) is 0 Å². The molecule has 6 heteroatoms. The molecule has 19 heavy (non-hydrogen) atoms. The molecule has 0 fully saturated rings. The molecule has 5 nitrogen and oxygen atoms in total. The fourth-order valence-electron chi connectivity index (χ4n) is 2.14. The van der Waals surface area contributed by atoms with Gasteiger partial charge in [-0.1, -0.05) is 18.5 Å². The van der Waals surface area contributed by atoms with Crippen LogP contribution < -0.4 is 5.32 Å². The molecule has 2 aromatic heterocycles. The highest BCUT2D eigenvalue weighted by Gasteiger charge is 2.18. The molecule has 1 unspecified atom stereocenters. The van der Waals surface area contributed by atoms with Crippen molar-refractivity contribution in [2.24, 2.45) is 7.05 Å². The van der Waals surface area contributed by atoms with Gasteiger partial charge in [0.2, 0.25) is 0 Å². The van der Waals surface area contributed by atoms with E-state index in [1.807, 2.05) is 31.0 Å². The second-order valence-electron chi connectivity index (χ2n) is 4.46. The van der Waals surface area contributed by atoms with Crippen LogP contribution >= 0.6 is 11.6 Å². The maximum atomic E-state index is 6.30. The summed E-state index contributed by atoms with van der Waals surface area (Å²) in [5, 5.41) is 8.51. The smallest absolute Gasteiger partial charge is 0.115 e. The van der Waals surface area contributed by atoms with Gasteiger partial charge >= 0.3 is 0 Å². The van der Waals surface area contributed by atoms with Gasteiger partial charge in [-0.15, -0.1) is 0 Å². The zero-order valence-corrected chi connectivity index (χ0v) is 12.1. The van der Waals surface area contributed by atoms with Crippen molar-refractivity contribution < 1.29 is 0 Å². The lowest BCUT2D eigenvalue weighted by Gasteiger charge is -2.17. The van der Waals surface area contributed by atoms with Gasteiger partial charge in [-0.3, -0.25) is 4.68 Å². The molecule has 0 saturated carbocycles. The molecule has 1 atom stereocenters. The molecule has 0 aromatic carbocycles. The van der Waals surface area contributed by atoms with Crippen LogP contribution in [-0.2, 0) is 13.5 Å². The average Bonchev–Trinajstić information content (AvgIpc) is 2.65. The molecular weight excluding hydrogens is 262 g/mol. The normalized spacial score (nSPS) is 12.6. The number of nitrogens with zero attached hydrogens (tertiary/aromatic N) is 4. The van der Waals surface area contributed by atoms with Crippen LogP contribution in [0.3, 0.4) is 0 Å². The van der Waals surface area contributed by atoms with Crippen LogP contribution in [-0.4, -0.2) is 26.3 Å². The van der Waals surface area contributed by atoms with E-state index >= 15 is 0 Å². The van der Waals surface area contributed by atoms with Crippen molar-refractivity contribution in [2.45, 2.75) is 26.3 Å². The molecule has 0 aliphatic rings. The summed E-state index contributed by atoms with van der Waals surface area (Å²) < 4.78 is 1.84. The second-order valence-corrected chi connectivity index (χ2v) is 4.83. The number of likely N-dealkylation sites (N-methyl/N-ethyl adjacent to an activating group) is 1. The summed E-state index contributed by atoms with van der Waals surface area (Å²) in [6.45, 7) is 4.86. The molecule has 102 valence electrons. The van der Waals surface area contributed by atoms with E-state index in [0.29, 0.717) is 0 Å². The topological polar surface area (TPSA) is 55.6 Å². The molecule has 2 aromatic rings. The zero-order valence-electron chi connectivity index (χ0n) is 11.4. The Hall–Kier alpha value is -1.46. The molecule has 0 spiro atoms. The van der Waals surface area contributed by atoms with Gasteiger partial charge in [0.05, 0.1) is 16.4 Å². The van der Waals surface area contributed by atoms with Crippen LogP contribution in [0.25, 0.3) is 0 Å². The average molecular weight is 280 g/mol. The molecule has 0 aliphatic carbocycles. The predicted molar refractivity (Wildman–Crippen MR) is 75.1 cm³/mol. The van der Waals surface area contributed by atoms with Gasteiger partial charge in [0.15, 0.2) is 0 Å². The van der Waals surface area contributed by atoms with E-state index in [-0.39, 0.29) is 6.04 Å². The zero-order chi connectivity index (χ0) is 13.8. The molecule has 0 radical (unpaired) electrons. The van der Waals surface area contributed by atoms with Crippen LogP contribution in [0.4, 0.5) is 0 Å². The Morgan fingerprint density at radius 3 is 2.58 bits per heavy atom. The first-order chi connectivity index (χ1) is 9.13. The summed E-state index contributed by atoms with van der Waals surface area (Å²) in [6, 6.07) is 0.137. The summed E-state index contributed by atoms with van der Waals surface area (Å²) in [4.78, 5) is 8.15. The minimum absolute atomic E-state index is 0.137. The van der Waals surface area contributed by atoms with Gasteiger partial charge < -0.3 is 5.32 Å². The van der Waals surface area contributed by atoms with Gasteiger partial charge in [-0.05, 0) is 13.5 Å². The maximum Gasteiger partial charge on any atom is 0.115 e. The Balaban J connectivity index is 2.26. The van der Waals surface area contributed by atoms with E-state index in [9.17, 15) is 0 Å². The number of aryl methyl sites for hydroxylation is 2. The van der Waals surface area contributed by atoms with Crippen molar-refractivity contribution >= 4 is 11.6 Å². The number of rotatable bonds is 5. The molecule has 0 aliphatic heterocycles. The Morgan fingerprint density at radius 1 is 1.37 bits per heavy atom. The van der Waals surface area contributed by atoms with Crippen LogP contribution in [0.15, 0.2) is 18.7 Å². The number of hydrogen-bond donors (Lipinski definition) is 1. The number of halogens is 1. The molecular formula is C13H18ClN5. The number of hydrogen-bond acceptors (Lipinski definition) is 4. The first-order valence-corrected chi connectivity index (χ1v) is 6.67. The van der Waals surface area contributed by atoms with Crippen molar-refractivity contribution in [1.82, 2.24) is 25.1 Å². The lowest BCUT2D eigenvalue weighted by Crippen LogP contribution is -2.24. The Kier molecular flexibility index (Phi) is 4.50. The highest BCUT2D eigenvalue weighted by molar-refractivity contribution is 6.31. The quantitative estimate of drug-likeness (QED) is 0.910. The summed E-state index contributed by atoms with van der Waals surface area (Å²) in [5.41, 5.74) is 2.94. The molecule has 2 heterocycles. The van der Waals surface area contributed by atoms with Gasteiger partial charge in [0, 0.05) is 37.5 Å². The summed E-state index contributed by atoms with van der Waals surface area (Å²) in [5.74, 6) is 0. The Labute approximate surface area is 118 Å². The van der Waals surface area contributed by atoms with E-state index in [0.717, 1.165) is 34.9 Å². The summed E-state index contributed by atoms with van der Waals surface area (Å²) in [7, 11) is 1.92. The van der Waals surface area contributed by atoms with Crippen molar-refractivity contribution in [1.29, 1.82) is 0 Å². The third-order valence-corrected chi connectivity index (χ3v) is 3.58. The van der Waals surface area contributed by atoms with Crippen molar-refractivity contribution in [3.05, 3.63) is 40.7 Å². The van der Waals surface area contributed by atoms with Crippen molar-refractivity contribution in [2.75, 3.05) is 6.54 Å². The first-order valence-electron chi connectivity index (χ1n) is 6.29. The Morgan fingerprint density at radius 2 is 2.05 bits per heavy atom. The molecule has 0 bridgehead atoms. The molecule has 2 rings (SSSR count). The van der Waals surface area contributed by atoms with E-state index in [1.165, 1.54) is 6.33 Å². The molecule has 1 N–H and O–H groups in total. The minimum atomic E-state index is 0.137. The highest BCUT2D eigenvalue weighted by Crippen LogP contribution is 2.25. The summed E-state index contributed by atoms with van der Waals surface area (Å²) >= 11 is 6.30. The first kappa shape index (κ1) is 14.0. The monoisotopic (exact) mass is 279 g/mol. The fourth-order valence-corrected chi connectivity index (χ4v) is 2.38. The fraction of sp³-hybridized carbons (Fsp3) is 0.462. The minimum Gasteiger partial charge on any atom is -0.310 e. The lowest BCUT2D eigenvalue weighted by atomic mass is 10.0. The van der Waals surface area contributed by atoms with Crippen molar-refractivity contribution in [3.8, 4) is 0 Å². The standard InChI is InChI=1S/C13H18ClN5/c1-4-17-11(10-6-15-8-16-7-10)5-12-13(14)9(2)18-19(12)3/h6-8,11,17H,4-5H2,1-3H3. The van der Waals surface area contributed by atoms with Crippen LogP contribution in [0.5, 0.6) is 0 Å². The number of nitrogens with one attached hydrogen (secondary N) is 1. The third kappa shape index (κ3) is 3.11. The largest absolute Gasteiger partial charge is 0.310 e. The maximum absolute atomic E-state index is 6.30. The SMILES string of the molecule is CCNC(Cc1c(Cl)c(C)nn1C)c1cncnc1. The highest BCUT2D eigenvalue weighted by atomic mass is 35.5. The van der Waals surface area contributed by atoms with Crippen LogP contribution in [0, 0.1) is 6.92 Å². The van der Waals surface area contributed by atoms with Gasteiger partial charge in [-0.25, -0.2) is 9.97 Å². The van der Waals surface area contributed by atoms with Gasteiger partial charge in [0.25, 0.3) is 0 Å². The van der Waals surface area contributed by atoms with E-state index in [4.69, 9.17) is 11.6 Å². The van der Waals surface area contributed by atoms with Gasteiger partial charge in [-0.2, -0.15) is 5.10 Å². The Bertz CT molecular complexity index is 537. The van der Waals surface area contributed by atoms with E-state index in [1.54, 1.807) is 0 Å². The third-order valence-electron chi connectivity index (χ3n) is 3.09. The summed E-state index contributed by atoms with van der Waals surface area (Å²) in [6.07, 6.45) is 5.96. The van der Waals surface area contributed by atoms with Gasteiger partial charge in [0.1, 0.15) is 6.33 Å². The van der Waals surface area contributed by atoms with E-state index in [2.05, 4.69) is 27.3 Å². The second kappa shape index (κ2) is 6.12. The van der Waals surface area contributed by atoms with Crippen LogP contribution in [0.1, 0.15) is 29.9 Å². The van der Waals surface area contributed by atoms with Crippen LogP contribution in [0.2, 0.25) is 5.02 Å². The number of aromatic nitrogens is 4. The van der Waals surface area contributed by atoms with E-state index < -0.39 is 0 Å². The molecule has 0 amide bonds.